The molecule has 0 radical (unpaired) electrons. The van der Waals surface area contributed by atoms with Gasteiger partial charge in [0.1, 0.15) is 5.82 Å². The molecule has 7 heteroatoms. The van der Waals surface area contributed by atoms with Crippen LogP contribution in [-0.4, -0.2) is 38.2 Å². The van der Waals surface area contributed by atoms with Crippen molar-refractivity contribution in [3.8, 4) is 0 Å². The van der Waals surface area contributed by atoms with Crippen LogP contribution in [0.2, 0.25) is 0 Å². The van der Waals surface area contributed by atoms with E-state index in [1.165, 1.54) is 28.4 Å². The van der Waals surface area contributed by atoms with Crippen LogP contribution in [-0.2, 0) is 0 Å². The minimum absolute atomic E-state index is 0.314. The Bertz CT molecular complexity index is 847. The van der Waals surface area contributed by atoms with Crippen molar-refractivity contribution in [1.82, 2.24) is 4.98 Å². The monoisotopic (exact) mass is 359 g/mol. The number of carbonyl (C=O) groups excluding carboxylic acids is 1. The number of carbonyl (C=O) groups is 1. The standard InChI is InChI=1S/C18H19FN4OS/c1-22(2)10-11-23(17(24)20-14-7-5-6-13(19)12-14)18-21-15-8-3-4-9-16(15)25-18/h3-9,12H,10-11H2,1-2H3,(H,20,24)/p+1. The zero-order valence-corrected chi connectivity index (χ0v) is 14.9. The average molecular weight is 359 g/mol. The number of nitrogens with zero attached hydrogens (tertiary/aromatic N) is 2. The van der Waals surface area contributed by atoms with E-state index < -0.39 is 0 Å². The predicted molar refractivity (Wildman–Crippen MR) is 100 cm³/mol. The number of aromatic nitrogens is 1. The molecule has 0 atom stereocenters. The number of likely N-dealkylation sites (N-methyl/N-ethyl adjacent to an activating group) is 1. The van der Waals surface area contributed by atoms with Gasteiger partial charge in [0.2, 0.25) is 0 Å². The topological polar surface area (TPSA) is 49.7 Å². The van der Waals surface area contributed by atoms with Crippen molar-refractivity contribution in [1.29, 1.82) is 0 Å². The van der Waals surface area contributed by atoms with Gasteiger partial charge in [-0.2, -0.15) is 0 Å². The first-order chi connectivity index (χ1) is 12.0. The SMILES string of the molecule is C[NH+](C)CCN(C(=O)Nc1cccc(F)c1)c1nc2ccccc2s1. The molecule has 2 aromatic carbocycles. The summed E-state index contributed by atoms with van der Waals surface area (Å²) in [6, 6.07) is 13.3. The lowest BCUT2D eigenvalue weighted by molar-refractivity contribution is -0.856. The van der Waals surface area contributed by atoms with E-state index in [-0.39, 0.29) is 11.8 Å². The van der Waals surface area contributed by atoms with E-state index in [9.17, 15) is 9.18 Å². The van der Waals surface area contributed by atoms with Gasteiger partial charge in [-0.05, 0) is 30.3 Å². The summed E-state index contributed by atoms with van der Waals surface area (Å²) in [4.78, 5) is 20.2. The quantitative estimate of drug-likeness (QED) is 0.736. The second kappa shape index (κ2) is 7.58. The van der Waals surface area contributed by atoms with Crippen LogP contribution in [0.4, 0.5) is 20.0 Å². The molecular weight excluding hydrogens is 339 g/mol. The van der Waals surface area contributed by atoms with E-state index in [0.717, 1.165) is 16.8 Å². The highest BCUT2D eigenvalue weighted by atomic mass is 32.1. The van der Waals surface area contributed by atoms with E-state index in [4.69, 9.17) is 0 Å². The molecule has 25 heavy (non-hydrogen) atoms. The Morgan fingerprint density at radius 3 is 2.76 bits per heavy atom. The largest absolute Gasteiger partial charge is 0.338 e. The normalized spacial score (nSPS) is 11.0. The summed E-state index contributed by atoms with van der Waals surface area (Å²) in [5.41, 5.74) is 1.29. The van der Waals surface area contributed by atoms with E-state index in [1.807, 2.05) is 38.4 Å². The number of anilines is 2. The zero-order valence-electron chi connectivity index (χ0n) is 14.1. The number of para-hydroxylation sites is 1. The van der Waals surface area contributed by atoms with Gasteiger partial charge in [0.25, 0.3) is 0 Å². The van der Waals surface area contributed by atoms with E-state index in [0.29, 0.717) is 17.4 Å². The third-order valence-electron chi connectivity index (χ3n) is 3.67. The molecule has 0 aliphatic heterocycles. The summed E-state index contributed by atoms with van der Waals surface area (Å²) < 4.78 is 14.4. The Hall–Kier alpha value is -2.51. The van der Waals surface area contributed by atoms with Gasteiger partial charge in [-0.25, -0.2) is 14.2 Å². The third-order valence-corrected chi connectivity index (χ3v) is 4.73. The van der Waals surface area contributed by atoms with Crippen molar-refractivity contribution in [3.05, 3.63) is 54.3 Å². The van der Waals surface area contributed by atoms with Crippen molar-refractivity contribution in [2.75, 3.05) is 37.4 Å². The van der Waals surface area contributed by atoms with Crippen LogP contribution >= 0.6 is 11.3 Å². The van der Waals surface area contributed by atoms with Crippen molar-refractivity contribution in [2.45, 2.75) is 0 Å². The van der Waals surface area contributed by atoms with E-state index >= 15 is 0 Å². The van der Waals surface area contributed by atoms with Crippen LogP contribution < -0.4 is 15.1 Å². The summed E-state index contributed by atoms with van der Waals surface area (Å²) >= 11 is 1.47. The summed E-state index contributed by atoms with van der Waals surface area (Å²) in [7, 11) is 4.06. The smallest absolute Gasteiger partial charge is 0.328 e. The molecule has 2 amide bonds. The molecule has 1 heterocycles. The van der Waals surface area contributed by atoms with Crippen LogP contribution in [0.1, 0.15) is 0 Å². The Balaban J connectivity index is 1.86. The van der Waals surface area contributed by atoms with Gasteiger partial charge in [0.05, 0.1) is 37.4 Å². The lowest BCUT2D eigenvalue weighted by atomic mass is 10.3. The number of thiazole rings is 1. The maximum absolute atomic E-state index is 13.4. The molecule has 0 fully saturated rings. The highest BCUT2D eigenvalue weighted by Crippen LogP contribution is 2.28. The number of rotatable bonds is 5. The number of amides is 2. The summed E-state index contributed by atoms with van der Waals surface area (Å²) in [5, 5.41) is 3.39. The number of halogens is 1. The van der Waals surface area contributed by atoms with Gasteiger partial charge in [-0.1, -0.05) is 29.5 Å². The summed E-state index contributed by atoms with van der Waals surface area (Å²) in [6.45, 7) is 1.29. The van der Waals surface area contributed by atoms with Gasteiger partial charge < -0.3 is 10.2 Å². The molecule has 0 bridgehead atoms. The summed E-state index contributed by atoms with van der Waals surface area (Å²) in [5.74, 6) is -0.387. The van der Waals surface area contributed by atoms with Gasteiger partial charge in [0, 0.05) is 5.69 Å². The fraction of sp³-hybridized carbons (Fsp3) is 0.222. The lowest BCUT2D eigenvalue weighted by Crippen LogP contribution is -3.06. The predicted octanol–water partition coefficient (Wildman–Crippen LogP) is 2.62. The molecule has 130 valence electrons. The van der Waals surface area contributed by atoms with E-state index in [2.05, 4.69) is 10.3 Å². The highest BCUT2D eigenvalue weighted by molar-refractivity contribution is 7.22. The van der Waals surface area contributed by atoms with Crippen LogP contribution in [0.5, 0.6) is 0 Å². The number of nitrogens with one attached hydrogen (secondary N) is 2. The molecule has 0 spiro atoms. The molecule has 3 rings (SSSR count). The second-order valence-corrected chi connectivity index (χ2v) is 7.02. The molecule has 0 saturated heterocycles. The van der Waals surface area contributed by atoms with Crippen LogP contribution in [0.3, 0.4) is 0 Å². The fourth-order valence-electron chi connectivity index (χ4n) is 2.35. The molecule has 0 aliphatic carbocycles. The zero-order chi connectivity index (χ0) is 17.8. The second-order valence-electron chi connectivity index (χ2n) is 6.01. The Kier molecular flexibility index (Phi) is 5.25. The highest BCUT2D eigenvalue weighted by Gasteiger charge is 2.21. The minimum Gasteiger partial charge on any atom is -0.338 e. The number of hydrogen-bond donors (Lipinski definition) is 2. The maximum Gasteiger partial charge on any atom is 0.328 e. The average Bonchev–Trinajstić information content (AvgIpc) is 2.98. The molecule has 5 nitrogen and oxygen atoms in total. The molecule has 0 aliphatic rings. The van der Waals surface area contributed by atoms with Crippen LogP contribution in [0.15, 0.2) is 48.5 Å². The number of fused-ring (bicyclic) bond motifs is 1. The van der Waals surface area contributed by atoms with Crippen LogP contribution in [0, 0.1) is 5.82 Å². The van der Waals surface area contributed by atoms with Crippen LogP contribution in [0.25, 0.3) is 10.2 Å². The van der Waals surface area contributed by atoms with Gasteiger partial charge in [-0.15, -0.1) is 0 Å². The molecular formula is C18H20FN4OS+. The van der Waals surface area contributed by atoms with Crippen molar-refractivity contribution >= 4 is 38.4 Å². The lowest BCUT2D eigenvalue weighted by Gasteiger charge is -2.21. The molecule has 2 N–H and O–H groups in total. The Morgan fingerprint density at radius 1 is 1.24 bits per heavy atom. The Labute approximate surface area is 149 Å². The van der Waals surface area contributed by atoms with Gasteiger partial charge in [0.15, 0.2) is 5.13 Å². The van der Waals surface area contributed by atoms with Crippen molar-refractivity contribution in [2.24, 2.45) is 0 Å². The molecule has 0 saturated carbocycles. The third kappa shape index (κ3) is 4.32. The van der Waals surface area contributed by atoms with Gasteiger partial charge in [-0.3, -0.25) is 4.90 Å². The first-order valence-corrected chi connectivity index (χ1v) is 8.83. The first kappa shape index (κ1) is 17.3. The van der Waals surface area contributed by atoms with E-state index in [1.54, 1.807) is 17.0 Å². The van der Waals surface area contributed by atoms with Gasteiger partial charge >= 0.3 is 6.03 Å². The number of benzene rings is 2. The minimum atomic E-state index is -0.387. The molecule has 3 aromatic rings. The fourth-order valence-corrected chi connectivity index (χ4v) is 3.34. The number of urea groups is 1. The molecule has 1 aromatic heterocycles. The molecule has 0 unspecified atom stereocenters. The maximum atomic E-state index is 13.4. The Morgan fingerprint density at radius 2 is 2.04 bits per heavy atom. The van der Waals surface area contributed by atoms with Crippen molar-refractivity contribution in [3.63, 3.8) is 0 Å². The summed E-state index contributed by atoms with van der Waals surface area (Å²) in [6.07, 6.45) is 0. The first-order valence-electron chi connectivity index (χ1n) is 8.01. The number of hydrogen-bond acceptors (Lipinski definition) is 3. The number of quaternary nitrogens is 1. The van der Waals surface area contributed by atoms with Crippen molar-refractivity contribution < 1.29 is 14.1 Å².